The van der Waals surface area contributed by atoms with E-state index in [1.54, 1.807) is 12.1 Å². The average molecular weight is 563 g/mol. The summed E-state index contributed by atoms with van der Waals surface area (Å²) in [5.74, 6) is 0.138. The molecule has 4 rings (SSSR count). The van der Waals surface area contributed by atoms with Gasteiger partial charge in [-0.05, 0) is 31.2 Å². The third kappa shape index (κ3) is 5.56. The Morgan fingerprint density at radius 1 is 1.06 bits per heavy atom. The van der Waals surface area contributed by atoms with E-state index in [4.69, 9.17) is 34.8 Å². The second kappa shape index (κ2) is 10.2. The van der Waals surface area contributed by atoms with E-state index in [9.17, 15) is 23.1 Å². The van der Waals surface area contributed by atoms with Crippen molar-refractivity contribution < 1.29 is 18.3 Å². The van der Waals surface area contributed by atoms with E-state index in [-0.39, 0.29) is 39.8 Å². The molecule has 1 N–H and O–H groups in total. The van der Waals surface area contributed by atoms with Crippen molar-refractivity contribution in [2.75, 3.05) is 0 Å². The summed E-state index contributed by atoms with van der Waals surface area (Å²) in [4.78, 5) is 21.2. The molecule has 0 aliphatic carbocycles. The summed E-state index contributed by atoms with van der Waals surface area (Å²) in [5.41, 5.74) is -0.178. The SMILES string of the molecule is CC(O)c1nc(Cn2nc(-c3ccc(Cl)cc3)n(CCC(F)(F)F)c2=O)nn1-c1c(Cl)cncc1Cl. The Morgan fingerprint density at radius 3 is 2.28 bits per heavy atom. The smallest absolute Gasteiger partial charge is 0.385 e. The number of rotatable bonds is 7. The minimum atomic E-state index is -4.48. The fourth-order valence-corrected chi connectivity index (χ4v) is 4.06. The van der Waals surface area contributed by atoms with Crippen molar-refractivity contribution in [1.29, 1.82) is 0 Å². The molecule has 0 spiro atoms. The minimum absolute atomic E-state index is 0.0244. The first-order chi connectivity index (χ1) is 16.9. The van der Waals surface area contributed by atoms with Gasteiger partial charge in [0.1, 0.15) is 18.3 Å². The van der Waals surface area contributed by atoms with Gasteiger partial charge in [-0.1, -0.05) is 34.8 Å². The number of halogens is 6. The summed E-state index contributed by atoms with van der Waals surface area (Å²) < 4.78 is 41.9. The van der Waals surface area contributed by atoms with Gasteiger partial charge in [-0.2, -0.15) is 13.2 Å². The lowest BCUT2D eigenvalue weighted by molar-refractivity contribution is -0.136. The Labute approximate surface area is 216 Å². The van der Waals surface area contributed by atoms with E-state index in [0.717, 1.165) is 9.25 Å². The molecule has 4 aromatic rings. The van der Waals surface area contributed by atoms with Crippen LogP contribution in [0.3, 0.4) is 0 Å². The predicted molar refractivity (Wildman–Crippen MR) is 127 cm³/mol. The van der Waals surface area contributed by atoms with Gasteiger partial charge in [-0.15, -0.1) is 10.2 Å². The molecular weight excluding hydrogens is 546 g/mol. The largest absolute Gasteiger partial charge is 0.390 e. The number of pyridine rings is 1. The number of aliphatic hydroxyl groups excluding tert-OH is 1. The summed E-state index contributed by atoms with van der Waals surface area (Å²) in [6.45, 7) is 0.513. The number of aromatic nitrogens is 7. The molecule has 3 heterocycles. The molecule has 0 radical (unpaired) electrons. The third-order valence-electron chi connectivity index (χ3n) is 5.03. The van der Waals surface area contributed by atoms with Gasteiger partial charge in [0.05, 0.1) is 16.5 Å². The van der Waals surface area contributed by atoms with Gasteiger partial charge in [-0.3, -0.25) is 9.55 Å². The Morgan fingerprint density at radius 2 is 1.69 bits per heavy atom. The molecule has 0 bridgehead atoms. The van der Waals surface area contributed by atoms with Crippen LogP contribution in [0.2, 0.25) is 15.1 Å². The zero-order valence-corrected chi connectivity index (χ0v) is 20.7. The van der Waals surface area contributed by atoms with E-state index in [0.29, 0.717) is 10.6 Å². The van der Waals surface area contributed by atoms with Crippen molar-refractivity contribution >= 4 is 34.8 Å². The van der Waals surface area contributed by atoms with Crippen LogP contribution in [0, 0.1) is 0 Å². The minimum Gasteiger partial charge on any atom is -0.385 e. The van der Waals surface area contributed by atoms with Crippen LogP contribution in [-0.4, -0.2) is 45.4 Å². The molecule has 1 atom stereocenters. The summed E-state index contributed by atoms with van der Waals surface area (Å²) in [5, 5.41) is 19.5. The highest BCUT2D eigenvalue weighted by molar-refractivity contribution is 6.37. The van der Waals surface area contributed by atoms with Crippen LogP contribution in [0.4, 0.5) is 13.2 Å². The van der Waals surface area contributed by atoms with Crippen LogP contribution in [-0.2, 0) is 13.1 Å². The summed E-state index contributed by atoms with van der Waals surface area (Å²) >= 11 is 18.4. The molecule has 0 aliphatic rings. The molecule has 0 saturated carbocycles. The maximum Gasteiger partial charge on any atom is 0.390 e. The average Bonchev–Trinajstić information content (AvgIpc) is 3.34. The van der Waals surface area contributed by atoms with Crippen molar-refractivity contribution in [3.05, 3.63) is 73.9 Å². The Kier molecular flexibility index (Phi) is 7.41. The number of benzene rings is 1. The maximum absolute atomic E-state index is 13.1. The Bertz CT molecular complexity index is 1430. The van der Waals surface area contributed by atoms with Gasteiger partial charge in [0.25, 0.3) is 0 Å². The first kappa shape index (κ1) is 26.1. The first-order valence-electron chi connectivity index (χ1n) is 10.4. The van der Waals surface area contributed by atoms with Crippen LogP contribution in [0.5, 0.6) is 0 Å². The lowest BCUT2D eigenvalue weighted by Crippen LogP contribution is -2.27. The van der Waals surface area contributed by atoms with Crippen LogP contribution >= 0.6 is 34.8 Å². The summed E-state index contributed by atoms with van der Waals surface area (Å²) in [7, 11) is 0. The first-order valence-corrected chi connectivity index (χ1v) is 11.5. The zero-order chi connectivity index (χ0) is 26.2. The molecule has 0 saturated heterocycles. The predicted octanol–water partition coefficient (Wildman–Crippen LogP) is 4.70. The van der Waals surface area contributed by atoms with Crippen molar-refractivity contribution in [1.82, 2.24) is 34.1 Å². The molecule has 1 unspecified atom stereocenters. The van der Waals surface area contributed by atoms with Crippen LogP contribution in [0.1, 0.15) is 31.1 Å². The van der Waals surface area contributed by atoms with E-state index in [1.807, 2.05) is 0 Å². The lowest BCUT2D eigenvalue weighted by atomic mass is 10.2. The molecule has 3 aromatic heterocycles. The molecule has 0 fully saturated rings. The second-order valence-electron chi connectivity index (χ2n) is 7.71. The third-order valence-corrected chi connectivity index (χ3v) is 5.83. The number of nitrogens with zero attached hydrogens (tertiary/aromatic N) is 7. The quantitative estimate of drug-likeness (QED) is 0.350. The van der Waals surface area contributed by atoms with Gasteiger partial charge in [0.15, 0.2) is 17.5 Å². The summed E-state index contributed by atoms with van der Waals surface area (Å²) in [6.07, 6.45) is -4.13. The van der Waals surface area contributed by atoms with Crippen molar-refractivity contribution in [2.45, 2.75) is 38.7 Å². The second-order valence-corrected chi connectivity index (χ2v) is 8.96. The maximum atomic E-state index is 13.1. The highest BCUT2D eigenvalue weighted by atomic mass is 35.5. The molecule has 1 aromatic carbocycles. The topological polar surface area (TPSA) is 104 Å². The summed E-state index contributed by atoms with van der Waals surface area (Å²) in [6, 6.07) is 6.17. The van der Waals surface area contributed by atoms with Gasteiger partial charge >= 0.3 is 11.9 Å². The fourth-order valence-electron chi connectivity index (χ4n) is 3.41. The van der Waals surface area contributed by atoms with Gasteiger partial charge in [0.2, 0.25) is 0 Å². The highest BCUT2D eigenvalue weighted by Crippen LogP contribution is 2.29. The number of hydrogen-bond donors (Lipinski definition) is 1. The van der Waals surface area contributed by atoms with E-state index in [2.05, 4.69) is 20.2 Å². The van der Waals surface area contributed by atoms with Crippen LogP contribution in [0.15, 0.2) is 41.5 Å². The monoisotopic (exact) mass is 561 g/mol. The van der Waals surface area contributed by atoms with E-state index < -0.39 is 30.9 Å². The van der Waals surface area contributed by atoms with Gasteiger partial charge in [-0.25, -0.2) is 19.1 Å². The van der Waals surface area contributed by atoms with Crippen molar-refractivity contribution in [3.63, 3.8) is 0 Å². The highest BCUT2D eigenvalue weighted by Gasteiger charge is 2.29. The van der Waals surface area contributed by atoms with Gasteiger partial charge < -0.3 is 5.11 Å². The lowest BCUT2D eigenvalue weighted by Gasteiger charge is -2.10. The van der Waals surface area contributed by atoms with E-state index >= 15 is 0 Å². The molecule has 15 heteroatoms. The Hall–Kier alpha value is -2.93. The zero-order valence-electron chi connectivity index (χ0n) is 18.4. The molecule has 0 amide bonds. The molecule has 9 nitrogen and oxygen atoms in total. The normalized spacial score (nSPS) is 12.8. The molecule has 190 valence electrons. The molecule has 36 heavy (non-hydrogen) atoms. The van der Waals surface area contributed by atoms with Crippen molar-refractivity contribution in [3.8, 4) is 17.1 Å². The number of aliphatic hydroxyl groups is 1. The molecule has 0 aliphatic heterocycles. The van der Waals surface area contributed by atoms with Crippen LogP contribution in [0.25, 0.3) is 17.1 Å². The molecular formula is C21H17Cl3F3N7O2. The Balaban J connectivity index is 1.77. The number of alkyl halides is 3. The standard InChI is InChI=1S/C21H17Cl3F3N7O2/c1-11(35)18-29-16(30-34(18)17-14(23)8-28-9-15(17)24)10-33-20(36)32(7-6-21(25,26)27)19(31-33)12-2-4-13(22)5-3-12/h2-5,8-9,11,35H,6-7,10H2,1H3. The van der Waals surface area contributed by atoms with E-state index in [1.165, 1.54) is 36.1 Å². The van der Waals surface area contributed by atoms with Gasteiger partial charge in [0, 0.05) is 29.5 Å². The fraction of sp³-hybridized carbons (Fsp3) is 0.286. The van der Waals surface area contributed by atoms with Crippen molar-refractivity contribution in [2.24, 2.45) is 0 Å². The van der Waals surface area contributed by atoms with Crippen LogP contribution < -0.4 is 5.69 Å². The number of hydrogen-bond acceptors (Lipinski definition) is 6.